The van der Waals surface area contributed by atoms with E-state index >= 15 is 0 Å². The van der Waals surface area contributed by atoms with Crippen LogP contribution < -0.4 is 10.9 Å². The summed E-state index contributed by atoms with van der Waals surface area (Å²) in [7, 11) is 0. The third kappa shape index (κ3) is 4.58. The van der Waals surface area contributed by atoms with Crippen LogP contribution in [-0.2, 0) is 6.54 Å². The standard InChI is InChI=1S/C21H23ClN4O3/c1-13(2)8-9-26-18(15-6-4-5-7-16(15)22)12-25-11-17(24-19(25)21(26)29)20(28)23-10-14(3)27/h4-8,11-12,14,27H,9-10H2,1-3H3,(H,23,28)/t14-/m1/s1. The lowest BCUT2D eigenvalue weighted by Crippen LogP contribution is -2.30. The normalized spacial score (nSPS) is 12.0. The van der Waals surface area contributed by atoms with Gasteiger partial charge in [0.05, 0.1) is 11.8 Å². The van der Waals surface area contributed by atoms with Gasteiger partial charge in [-0.3, -0.25) is 18.6 Å². The second-order valence-electron chi connectivity index (χ2n) is 7.11. The van der Waals surface area contributed by atoms with Crippen molar-refractivity contribution in [3.05, 3.63) is 69.4 Å². The first-order valence-electron chi connectivity index (χ1n) is 9.25. The largest absolute Gasteiger partial charge is 0.392 e. The molecule has 152 valence electrons. The van der Waals surface area contributed by atoms with E-state index in [1.807, 2.05) is 38.1 Å². The fraction of sp³-hybridized carbons (Fsp3) is 0.286. The molecule has 29 heavy (non-hydrogen) atoms. The van der Waals surface area contributed by atoms with Gasteiger partial charge in [-0.15, -0.1) is 0 Å². The van der Waals surface area contributed by atoms with Crippen molar-refractivity contribution in [3.63, 3.8) is 0 Å². The predicted molar refractivity (Wildman–Crippen MR) is 113 cm³/mol. The number of carbonyl (C=O) groups excluding carboxylic acids is 1. The summed E-state index contributed by atoms with van der Waals surface area (Å²) in [5.74, 6) is -0.454. The first-order valence-corrected chi connectivity index (χ1v) is 9.62. The van der Waals surface area contributed by atoms with Gasteiger partial charge in [-0.05, 0) is 26.8 Å². The summed E-state index contributed by atoms with van der Waals surface area (Å²) < 4.78 is 3.13. The van der Waals surface area contributed by atoms with Gasteiger partial charge < -0.3 is 10.4 Å². The Morgan fingerprint density at radius 3 is 2.69 bits per heavy atom. The van der Waals surface area contributed by atoms with Crippen LogP contribution in [0.5, 0.6) is 0 Å². The van der Waals surface area contributed by atoms with Crippen molar-refractivity contribution in [2.75, 3.05) is 6.54 Å². The lowest BCUT2D eigenvalue weighted by molar-refractivity contribution is 0.0919. The molecule has 0 bridgehead atoms. The molecule has 0 aliphatic carbocycles. The third-order valence-electron chi connectivity index (χ3n) is 4.34. The molecule has 0 aliphatic rings. The van der Waals surface area contributed by atoms with Crippen molar-refractivity contribution in [1.82, 2.24) is 19.3 Å². The van der Waals surface area contributed by atoms with Crippen molar-refractivity contribution >= 4 is 23.2 Å². The minimum atomic E-state index is -0.677. The molecule has 1 aromatic carbocycles. The number of benzene rings is 1. The predicted octanol–water partition coefficient (Wildman–Crippen LogP) is 2.89. The molecule has 3 aromatic rings. The fourth-order valence-corrected chi connectivity index (χ4v) is 3.09. The Morgan fingerprint density at radius 2 is 2.03 bits per heavy atom. The van der Waals surface area contributed by atoms with E-state index < -0.39 is 12.0 Å². The van der Waals surface area contributed by atoms with Crippen LogP contribution in [0.15, 0.2) is 53.1 Å². The van der Waals surface area contributed by atoms with Crippen molar-refractivity contribution in [2.24, 2.45) is 0 Å². The van der Waals surface area contributed by atoms with E-state index in [0.29, 0.717) is 22.8 Å². The summed E-state index contributed by atoms with van der Waals surface area (Å²) in [5.41, 5.74) is 2.33. The number of amides is 1. The van der Waals surface area contributed by atoms with E-state index in [0.717, 1.165) is 5.57 Å². The Morgan fingerprint density at radius 1 is 1.31 bits per heavy atom. The number of fused-ring (bicyclic) bond motifs is 1. The number of hydrogen-bond donors (Lipinski definition) is 2. The zero-order valence-electron chi connectivity index (χ0n) is 16.5. The van der Waals surface area contributed by atoms with Crippen LogP contribution in [0.4, 0.5) is 0 Å². The van der Waals surface area contributed by atoms with E-state index in [1.165, 1.54) is 10.6 Å². The Bertz CT molecular complexity index is 1140. The average molecular weight is 415 g/mol. The number of halogens is 1. The number of imidazole rings is 1. The highest BCUT2D eigenvalue weighted by Crippen LogP contribution is 2.27. The van der Waals surface area contributed by atoms with Crippen LogP contribution >= 0.6 is 11.6 Å². The van der Waals surface area contributed by atoms with Gasteiger partial charge in [0, 0.05) is 36.1 Å². The van der Waals surface area contributed by atoms with Crippen LogP contribution in [0.2, 0.25) is 5.02 Å². The molecule has 0 saturated carbocycles. The molecule has 0 unspecified atom stereocenters. The minimum absolute atomic E-state index is 0.0996. The number of rotatable bonds is 6. The van der Waals surface area contributed by atoms with Gasteiger partial charge in [-0.1, -0.05) is 41.4 Å². The van der Waals surface area contributed by atoms with E-state index in [4.69, 9.17) is 11.6 Å². The zero-order valence-corrected chi connectivity index (χ0v) is 17.3. The fourth-order valence-electron chi connectivity index (χ4n) is 2.86. The molecule has 2 heterocycles. The van der Waals surface area contributed by atoms with Gasteiger partial charge in [-0.25, -0.2) is 4.98 Å². The number of nitrogens with zero attached hydrogens (tertiary/aromatic N) is 3. The van der Waals surface area contributed by atoms with Crippen LogP contribution in [0.3, 0.4) is 0 Å². The molecule has 1 atom stereocenters. The first-order chi connectivity index (χ1) is 13.8. The Kier molecular flexibility index (Phi) is 6.20. The van der Waals surface area contributed by atoms with E-state index in [-0.39, 0.29) is 23.4 Å². The quantitative estimate of drug-likeness (QED) is 0.607. The topological polar surface area (TPSA) is 88.6 Å². The van der Waals surface area contributed by atoms with Crippen molar-refractivity contribution in [3.8, 4) is 11.3 Å². The van der Waals surface area contributed by atoms with Crippen LogP contribution in [-0.4, -0.2) is 37.6 Å². The maximum Gasteiger partial charge on any atom is 0.295 e. The maximum absolute atomic E-state index is 13.2. The van der Waals surface area contributed by atoms with Crippen molar-refractivity contribution in [1.29, 1.82) is 0 Å². The SMILES string of the molecule is CC(C)=CCn1c(-c2ccccc2Cl)cn2cc(C(=O)NC[C@@H](C)O)nc2c1=O. The smallest absolute Gasteiger partial charge is 0.295 e. The Hall–Kier alpha value is -2.90. The number of nitrogens with one attached hydrogen (secondary N) is 1. The molecule has 0 spiro atoms. The number of hydrogen-bond acceptors (Lipinski definition) is 4. The molecule has 0 fully saturated rings. The van der Waals surface area contributed by atoms with Gasteiger partial charge >= 0.3 is 0 Å². The van der Waals surface area contributed by atoms with Gasteiger partial charge in [0.2, 0.25) is 5.65 Å². The summed E-state index contributed by atoms with van der Waals surface area (Å²) in [4.78, 5) is 29.7. The van der Waals surface area contributed by atoms with E-state index in [2.05, 4.69) is 10.3 Å². The van der Waals surface area contributed by atoms with Crippen molar-refractivity contribution in [2.45, 2.75) is 33.4 Å². The number of aliphatic hydroxyl groups excluding tert-OH is 1. The van der Waals surface area contributed by atoms with Gasteiger partial charge in [0.15, 0.2) is 0 Å². The third-order valence-corrected chi connectivity index (χ3v) is 4.67. The van der Waals surface area contributed by atoms with Crippen LogP contribution in [0, 0.1) is 0 Å². The lowest BCUT2D eigenvalue weighted by Gasteiger charge is -2.13. The molecule has 0 radical (unpaired) electrons. The number of aliphatic hydroxyl groups is 1. The molecule has 0 aliphatic heterocycles. The number of carbonyl (C=O) groups is 1. The summed E-state index contributed by atoms with van der Waals surface area (Å²) in [6.45, 7) is 5.94. The summed E-state index contributed by atoms with van der Waals surface area (Å²) in [6, 6.07) is 7.28. The van der Waals surface area contributed by atoms with Gasteiger partial charge in [0.25, 0.3) is 11.5 Å². The zero-order chi connectivity index (χ0) is 21.1. The van der Waals surface area contributed by atoms with Crippen LogP contribution in [0.25, 0.3) is 16.9 Å². The summed E-state index contributed by atoms with van der Waals surface area (Å²) in [6.07, 6.45) is 4.51. The lowest BCUT2D eigenvalue weighted by atomic mass is 10.1. The maximum atomic E-state index is 13.2. The Balaban J connectivity index is 2.17. The monoisotopic (exact) mass is 414 g/mol. The molecule has 1 amide bonds. The summed E-state index contributed by atoms with van der Waals surface area (Å²) in [5, 5.41) is 12.5. The average Bonchev–Trinajstić information content (AvgIpc) is 3.10. The number of aromatic nitrogens is 3. The second-order valence-corrected chi connectivity index (χ2v) is 7.51. The molecular formula is C21H23ClN4O3. The van der Waals surface area contributed by atoms with Gasteiger partial charge in [-0.2, -0.15) is 0 Å². The summed E-state index contributed by atoms with van der Waals surface area (Å²) >= 11 is 6.38. The molecule has 7 nitrogen and oxygen atoms in total. The highest BCUT2D eigenvalue weighted by molar-refractivity contribution is 6.33. The highest BCUT2D eigenvalue weighted by Gasteiger charge is 2.18. The van der Waals surface area contributed by atoms with E-state index in [9.17, 15) is 14.7 Å². The molecule has 3 rings (SSSR count). The minimum Gasteiger partial charge on any atom is -0.392 e. The number of allylic oxidation sites excluding steroid dienone is 2. The van der Waals surface area contributed by atoms with Crippen molar-refractivity contribution < 1.29 is 9.90 Å². The second kappa shape index (κ2) is 8.63. The molecule has 2 N–H and O–H groups in total. The first kappa shape index (κ1) is 20.8. The molecule has 0 saturated heterocycles. The highest BCUT2D eigenvalue weighted by atomic mass is 35.5. The van der Waals surface area contributed by atoms with Gasteiger partial charge in [0.1, 0.15) is 5.69 Å². The molecular weight excluding hydrogens is 392 g/mol. The Labute approximate surface area is 173 Å². The molecule has 8 heteroatoms. The van der Waals surface area contributed by atoms with E-state index in [1.54, 1.807) is 23.8 Å². The van der Waals surface area contributed by atoms with Crippen LogP contribution in [0.1, 0.15) is 31.3 Å². The molecule has 2 aromatic heterocycles.